The number of piperazine rings is 1. The second kappa shape index (κ2) is 14.6. The Balaban J connectivity index is 0.00000250. The van der Waals surface area contributed by atoms with Gasteiger partial charge < -0.3 is 28.7 Å². The Kier molecular flexibility index (Phi) is 11.6. The van der Waals surface area contributed by atoms with Crippen LogP contribution in [0.15, 0.2) is 70.5 Å². The van der Waals surface area contributed by atoms with E-state index in [2.05, 4.69) is 29.3 Å². The van der Waals surface area contributed by atoms with E-state index >= 15 is 0 Å². The zero-order valence-electron chi connectivity index (χ0n) is 25.5. The minimum Gasteiger partial charge on any atom is -0.790 e. The van der Waals surface area contributed by atoms with Crippen molar-refractivity contribution in [1.82, 2.24) is 29.0 Å². The van der Waals surface area contributed by atoms with E-state index in [-0.39, 0.29) is 91.3 Å². The second-order valence-corrected chi connectivity index (χ2v) is 11.5. The quantitative estimate of drug-likeness (QED) is 0.0966. The van der Waals surface area contributed by atoms with Crippen LogP contribution in [0.1, 0.15) is 5.56 Å². The van der Waals surface area contributed by atoms with E-state index < -0.39 is 37.5 Å². The minimum atomic E-state index is -5.64. The fraction of sp³-hybridized carbons (Fsp3) is 0.250. The molecule has 0 atom stereocenters. The summed E-state index contributed by atoms with van der Waals surface area (Å²) in [5, 5.41) is -0.289. The summed E-state index contributed by atoms with van der Waals surface area (Å²) < 4.78 is 57.4. The van der Waals surface area contributed by atoms with Gasteiger partial charge in [0.25, 0.3) is 5.56 Å². The summed E-state index contributed by atoms with van der Waals surface area (Å²) in [6, 6.07) is 10.6. The number of aromatic nitrogens is 5. The van der Waals surface area contributed by atoms with Crippen LogP contribution in [-0.4, -0.2) is 62.2 Å². The smallest absolute Gasteiger partial charge is 0.790 e. The van der Waals surface area contributed by atoms with Crippen LogP contribution in [0.2, 0.25) is 0 Å². The molecule has 5 heterocycles. The van der Waals surface area contributed by atoms with Gasteiger partial charge in [0.15, 0.2) is 0 Å². The predicted octanol–water partition coefficient (Wildman–Crippen LogP) is -4.26. The number of phosphoric ester groups is 1. The number of hydrogen-bond acceptors (Lipinski definition) is 11. The molecule has 1 saturated heterocycles. The Bertz CT molecular complexity index is 2100. The first-order chi connectivity index (χ1) is 21.3. The second-order valence-electron chi connectivity index (χ2n) is 10.4. The Morgan fingerprint density at radius 3 is 2.32 bits per heavy atom. The fourth-order valence-corrected chi connectivity index (χ4v) is 5.37. The number of halogens is 3. The van der Waals surface area contributed by atoms with Crippen molar-refractivity contribution in [3.63, 3.8) is 0 Å². The molecule has 47 heavy (non-hydrogen) atoms. The van der Waals surface area contributed by atoms with Gasteiger partial charge in [-0.3, -0.25) is 14.3 Å². The van der Waals surface area contributed by atoms with E-state index in [4.69, 9.17) is 0 Å². The van der Waals surface area contributed by atoms with Gasteiger partial charge in [0.2, 0.25) is 0 Å². The van der Waals surface area contributed by atoms with Crippen LogP contribution in [-0.2, 0) is 22.0 Å². The average molecular weight is 687 g/mol. The van der Waals surface area contributed by atoms with E-state index in [1.54, 1.807) is 18.3 Å². The van der Waals surface area contributed by atoms with Crippen molar-refractivity contribution in [3.05, 3.63) is 87.3 Å². The molecule has 6 rings (SSSR count). The Morgan fingerprint density at radius 1 is 0.957 bits per heavy atom. The number of anilines is 1. The molecular weight excluding hydrogens is 664 g/mol. The number of rotatable bonds is 6. The number of phosphoric acid groups is 1. The zero-order valence-corrected chi connectivity index (χ0v) is 30.4. The molecule has 0 bridgehead atoms. The van der Waals surface area contributed by atoms with Crippen LogP contribution in [0.3, 0.4) is 0 Å². The molecule has 5 aromatic rings. The first-order valence-corrected chi connectivity index (χ1v) is 15.0. The fourth-order valence-electron chi connectivity index (χ4n) is 5.11. The number of fused-ring (bicyclic) bond motifs is 3. The zero-order chi connectivity index (χ0) is 32.1. The van der Waals surface area contributed by atoms with Crippen LogP contribution in [0.25, 0.3) is 38.9 Å². The van der Waals surface area contributed by atoms with Crippen LogP contribution in [0.5, 0.6) is 0 Å². The molecule has 1 aromatic carbocycles. The maximum atomic E-state index is 13.7. The number of benzene rings is 1. The monoisotopic (exact) mass is 687 g/mol. The molecule has 13 nitrogen and oxygen atoms in total. The molecule has 0 spiro atoms. The topological polar surface area (TPSA) is 162 Å². The van der Waals surface area contributed by atoms with Crippen molar-refractivity contribution in [1.29, 1.82) is 0 Å². The summed E-state index contributed by atoms with van der Waals surface area (Å²) >= 11 is 0. The summed E-state index contributed by atoms with van der Waals surface area (Å²) in [7, 11) is -3.59. The molecule has 19 heteroatoms. The van der Waals surface area contributed by atoms with Gasteiger partial charge in [-0.05, 0) is 49.5 Å². The van der Waals surface area contributed by atoms with E-state index in [9.17, 15) is 37.1 Å². The molecule has 1 fully saturated rings. The van der Waals surface area contributed by atoms with Gasteiger partial charge in [0.1, 0.15) is 18.1 Å². The third kappa shape index (κ3) is 7.89. The normalized spacial score (nSPS) is 14.2. The number of pyridine rings is 3. The van der Waals surface area contributed by atoms with E-state index in [1.807, 2.05) is 19.2 Å². The Labute approximate surface area is 308 Å². The van der Waals surface area contributed by atoms with Gasteiger partial charge in [0.05, 0.1) is 41.2 Å². The third-order valence-electron chi connectivity index (χ3n) is 7.45. The minimum absolute atomic E-state index is 0. The summed E-state index contributed by atoms with van der Waals surface area (Å²) in [6.07, 6.45) is -2.07. The molecular formula is C28H23F3N7Na2O6P. The summed E-state index contributed by atoms with van der Waals surface area (Å²) in [5.41, 5.74) is -2.75. The predicted molar refractivity (Wildman–Crippen MR) is 154 cm³/mol. The number of hydrogen-bond donors (Lipinski definition) is 0. The van der Waals surface area contributed by atoms with Gasteiger partial charge in [-0.1, -0.05) is 6.07 Å². The van der Waals surface area contributed by atoms with Crippen LogP contribution >= 0.6 is 7.82 Å². The van der Waals surface area contributed by atoms with Crippen molar-refractivity contribution in [2.24, 2.45) is 0 Å². The SMILES string of the molecule is CN1CCN(c2ccc(-c3ccc4ncc5c(=O)n(COP(=O)([O-])[O-])c(=O)n(-c6cccc(C(F)(F)F)c6)c5c4n3)cn2)CC1.[Na+].[Na+]. The van der Waals surface area contributed by atoms with Crippen LogP contribution < -0.4 is 85.1 Å². The van der Waals surface area contributed by atoms with Crippen LogP contribution in [0, 0.1) is 0 Å². The molecule has 4 aromatic heterocycles. The molecule has 0 aliphatic carbocycles. The number of likely N-dealkylation sites (N-methyl/N-ethyl adjacent to an activating group) is 1. The van der Waals surface area contributed by atoms with Gasteiger partial charge in [-0.2, -0.15) is 13.2 Å². The number of alkyl halides is 3. The number of nitrogens with zero attached hydrogens (tertiary/aromatic N) is 7. The van der Waals surface area contributed by atoms with E-state index in [1.165, 1.54) is 6.07 Å². The average Bonchev–Trinajstić information content (AvgIpc) is 3.00. The third-order valence-corrected chi connectivity index (χ3v) is 7.89. The van der Waals surface area contributed by atoms with Crippen molar-refractivity contribution in [2.75, 3.05) is 38.1 Å². The van der Waals surface area contributed by atoms with Gasteiger partial charge in [0, 0.05) is 44.1 Å². The van der Waals surface area contributed by atoms with E-state index in [0.717, 1.165) is 54.9 Å². The van der Waals surface area contributed by atoms with Crippen molar-refractivity contribution in [3.8, 4) is 16.9 Å². The molecule has 0 amide bonds. The molecule has 0 N–H and O–H groups in total. The summed E-state index contributed by atoms with van der Waals surface area (Å²) in [4.78, 5) is 67.2. The summed E-state index contributed by atoms with van der Waals surface area (Å²) in [5.74, 6) is 0.779. The molecule has 234 valence electrons. The first-order valence-electron chi connectivity index (χ1n) is 13.5. The summed E-state index contributed by atoms with van der Waals surface area (Å²) in [6.45, 7) is 2.11. The first kappa shape index (κ1) is 37.4. The van der Waals surface area contributed by atoms with Gasteiger partial charge in [-0.15, -0.1) is 0 Å². The molecule has 1 aliphatic rings. The van der Waals surface area contributed by atoms with Gasteiger partial charge in [-0.25, -0.2) is 19.3 Å². The van der Waals surface area contributed by atoms with Gasteiger partial charge >= 0.3 is 71.0 Å². The van der Waals surface area contributed by atoms with Crippen molar-refractivity contribution >= 4 is 35.6 Å². The largest absolute Gasteiger partial charge is 1.00 e. The van der Waals surface area contributed by atoms with Crippen molar-refractivity contribution < 1.29 is 91.2 Å². The van der Waals surface area contributed by atoms with Crippen LogP contribution in [0.4, 0.5) is 19.0 Å². The molecule has 0 unspecified atom stereocenters. The maximum Gasteiger partial charge on any atom is 1.00 e. The van der Waals surface area contributed by atoms with E-state index in [0.29, 0.717) is 17.3 Å². The standard InChI is InChI=1S/C28H25F3N7O6P.2Na/c1-35-9-11-36(12-10-35)23-8-5-17(14-33-23)21-6-7-22-24(34-21)25-20(15-32-22)26(39)37(16-44-45(41,42)43)27(40)38(25)19-4-2-3-18(13-19)28(29,30)31;;/h2-8,13-15H,9-12,16H2,1H3,(H2,41,42,43);;/q;2*+1/p-2. The Morgan fingerprint density at radius 2 is 1.68 bits per heavy atom. The Hall–Kier alpha value is -2.47. The maximum absolute atomic E-state index is 13.7. The molecule has 1 aliphatic heterocycles. The van der Waals surface area contributed by atoms with Crippen molar-refractivity contribution in [2.45, 2.75) is 12.9 Å². The molecule has 0 radical (unpaired) electrons. The molecule has 0 saturated carbocycles.